The molecule has 2 heterocycles. The summed E-state index contributed by atoms with van der Waals surface area (Å²) in [4.78, 5) is 30.1. The first-order chi connectivity index (χ1) is 14.7. The second kappa shape index (κ2) is 9.28. The zero-order valence-electron chi connectivity index (χ0n) is 18.6. The van der Waals surface area contributed by atoms with Crippen LogP contribution < -0.4 is 16.4 Å². The van der Waals surface area contributed by atoms with Gasteiger partial charge in [-0.15, -0.1) is 10.2 Å². The second-order valence-corrected chi connectivity index (χ2v) is 8.83. The second-order valence-electron chi connectivity index (χ2n) is 8.83. The topological polar surface area (TPSA) is 126 Å². The van der Waals surface area contributed by atoms with Gasteiger partial charge in [0.15, 0.2) is 11.5 Å². The van der Waals surface area contributed by atoms with E-state index in [4.69, 9.17) is 5.73 Å². The largest absolute Gasteiger partial charge is 0.364 e. The van der Waals surface area contributed by atoms with Crippen LogP contribution in [0.25, 0.3) is 0 Å². The van der Waals surface area contributed by atoms with E-state index >= 15 is 0 Å². The Kier molecular flexibility index (Phi) is 6.72. The Labute approximate surface area is 182 Å². The van der Waals surface area contributed by atoms with E-state index in [1.807, 2.05) is 36.1 Å². The smallest absolute Gasteiger partial charge is 0.273 e. The lowest BCUT2D eigenvalue weighted by molar-refractivity contribution is -0.131. The van der Waals surface area contributed by atoms with E-state index in [0.717, 1.165) is 25.1 Å². The summed E-state index contributed by atoms with van der Waals surface area (Å²) in [5.41, 5.74) is 7.43. The third-order valence-corrected chi connectivity index (χ3v) is 5.34. The number of carbonyl (C=O) groups is 2. The zero-order valence-corrected chi connectivity index (χ0v) is 18.6. The van der Waals surface area contributed by atoms with Crippen molar-refractivity contribution >= 4 is 29.3 Å². The average Bonchev–Trinajstić information content (AvgIpc) is 2.73. The molecule has 31 heavy (non-hydrogen) atoms. The van der Waals surface area contributed by atoms with E-state index in [2.05, 4.69) is 46.6 Å². The molecule has 2 aromatic rings. The number of nitrogens with one attached hydrogen (secondary N) is 2. The number of hydrogen-bond donors (Lipinski definition) is 3. The van der Waals surface area contributed by atoms with Gasteiger partial charge in [0, 0.05) is 31.2 Å². The van der Waals surface area contributed by atoms with Gasteiger partial charge >= 0.3 is 0 Å². The first-order valence-electron chi connectivity index (χ1n) is 10.6. The summed E-state index contributed by atoms with van der Waals surface area (Å²) in [5.74, 6) is -0.0474. The maximum atomic E-state index is 12.0. The molecule has 1 aromatic carbocycles. The number of likely N-dealkylation sites (tertiary alicyclic amines) is 1. The summed E-state index contributed by atoms with van der Waals surface area (Å²) in [6.07, 6.45) is 2.28. The highest BCUT2D eigenvalue weighted by molar-refractivity contribution is 5.96. The molecule has 1 aromatic heterocycles. The van der Waals surface area contributed by atoms with Gasteiger partial charge in [-0.05, 0) is 36.0 Å². The predicted molar refractivity (Wildman–Crippen MR) is 120 cm³/mol. The Morgan fingerprint density at radius 2 is 1.90 bits per heavy atom. The molecular formula is C22H31N7O2. The number of nitrogens with two attached hydrogens (primary N) is 1. The van der Waals surface area contributed by atoms with Crippen LogP contribution in [-0.2, 0) is 10.2 Å². The lowest BCUT2D eigenvalue weighted by atomic mass is 9.87. The van der Waals surface area contributed by atoms with Gasteiger partial charge in [0.1, 0.15) is 0 Å². The summed E-state index contributed by atoms with van der Waals surface area (Å²) in [6.45, 7) is 9.65. The van der Waals surface area contributed by atoms with Crippen molar-refractivity contribution in [1.82, 2.24) is 20.1 Å². The number of benzene rings is 1. The molecule has 9 heteroatoms. The quantitative estimate of drug-likeness (QED) is 0.649. The zero-order chi connectivity index (χ0) is 22.6. The monoisotopic (exact) mass is 425 g/mol. The third kappa shape index (κ3) is 5.68. The lowest BCUT2D eigenvalue weighted by Gasteiger charge is -2.33. The van der Waals surface area contributed by atoms with E-state index in [1.54, 1.807) is 0 Å². The van der Waals surface area contributed by atoms with Gasteiger partial charge in [0.05, 0.1) is 0 Å². The summed E-state index contributed by atoms with van der Waals surface area (Å²) in [6, 6.07) is 7.93. The summed E-state index contributed by atoms with van der Waals surface area (Å²) in [7, 11) is 0. The minimum absolute atomic E-state index is 0.0180. The molecule has 0 spiro atoms. The number of primary amides is 1. The van der Waals surface area contributed by atoms with Crippen molar-refractivity contribution in [1.29, 1.82) is 0 Å². The first kappa shape index (κ1) is 22.5. The minimum Gasteiger partial charge on any atom is -0.364 e. The van der Waals surface area contributed by atoms with Gasteiger partial charge < -0.3 is 21.3 Å². The number of hydrogen-bond acceptors (Lipinski definition) is 7. The number of carbonyl (C=O) groups excluding carboxylic acids is 2. The van der Waals surface area contributed by atoms with E-state index in [-0.39, 0.29) is 34.8 Å². The molecule has 2 amide bonds. The number of rotatable bonds is 6. The fourth-order valence-electron chi connectivity index (χ4n) is 3.56. The van der Waals surface area contributed by atoms with Crippen LogP contribution >= 0.6 is 0 Å². The standard InChI is InChI=1S/C22H31N7O2/c1-5-17(30)29-12-6-7-16(13-29)25-21-26-20(18(19(23)31)27-28-21)24-15-10-8-14(9-11-15)22(2,3)4/h8-11,16H,5-7,12-13H2,1-4H3,(H2,23,31)(H2,24,25,26,28). The Balaban J connectivity index is 1.78. The SMILES string of the molecule is CCC(=O)N1CCCC(Nc2nnc(C(N)=O)c(Nc3ccc(C(C)(C)C)cc3)n2)C1. The van der Waals surface area contributed by atoms with Crippen molar-refractivity contribution in [3.63, 3.8) is 0 Å². The van der Waals surface area contributed by atoms with Crippen molar-refractivity contribution in [2.45, 2.75) is 58.4 Å². The molecule has 1 aliphatic heterocycles. The molecule has 9 nitrogen and oxygen atoms in total. The molecule has 1 saturated heterocycles. The van der Waals surface area contributed by atoms with E-state index in [0.29, 0.717) is 13.0 Å². The molecule has 1 unspecified atom stereocenters. The predicted octanol–water partition coefficient (Wildman–Crippen LogP) is 2.82. The van der Waals surface area contributed by atoms with Crippen LogP contribution in [-0.4, -0.2) is 51.0 Å². The molecule has 1 aliphatic rings. The molecular weight excluding hydrogens is 394 g/mol. The van der Waals surface area contributed by atoms with Gasteiger partial charge in [-0.2, -0.15) is 4.98 Å². The minimum atomic E-state index is -0.710. The normalized spacial score (nSPS) is 16.6. The van der Waals surface area contributed by atoms with E-state index in [1.165, 1.54) is 5.56 Å². The van der Waals surface area contributed by atoms with Crippen LogP contribution in [0.15, 0.2) is 24.3 Å². The molecule has 1 fully saturated rings. The number of amides is 2. The molecule has 0 bridgehead atoms. The van der Waals surface area contributed by atoms with Gasteiger partial charge in [-0.1, -0.05) is 39.8 Å². The highest BCUT2D eigenvalue weighted by Gasteiger charge is 2.24. The lowest BCUT2D eigenvalue weighted by Crippen LogP contribution is -2.45. The van der Waals surface area contributed by atoms with Crippen LogP contribution in [0.3, 0.4) is 0 Å². The fourth-order valence-corrected chi connectivity index (χ4v) is 3.56. The number of anilines is 3. The number of aromatic nitrogens is 3. The van der Waals surface area contributed by atoms with Crippen molar-refractivity contribution in [3.05, 3.63) is 35.5 Å². The highest BCUT2D eigenvalue weighted by atomic mass is 16.2. The van der Waals surface area contributed by atoms with Gasteiger partial charge in [0.25, 0.3) is 5.91 Å². The highest BCUT2D eigenvalue weighted by Crippen LogP contribution is 2.25. The Morgan fingerprint density at radius 1 is 1.19 bits per heavy atom. The van der Waals surface area contributed by atoms with E-state index < -0.39 is 5.91 Å². The van der Waals surface area contributed by atoms with Crippen molar-refractivity contribution < 1.29 is 9.59 Å². The van der Waals surface area contributed by atoms with Crippen LogP contribution in [0.1, 0.15) is 63.0 Å². The molecule has 1 atom stereocenters. The van der Waals surface area contributed by atoms with E-state index in [9.17, 15) is 9.59 Å². The number of piperidine rings is 1. The molecule has 0 saturated carbocycles. The molecule has 4 N–H and O–H groups in total. The van der Waals surface area contributed by atoms with Crippen LogP contribution in [0.4, 0.5) is 17.5 Å². The molecule has 0 radical (unpaired) electrons. The van der Waals surface area contributed by atoms with Crippen molar-refractivity contribution in [2.75, 3.05) is 23.7 Å². The van der Waals surface area contributed by atoms with Crippen LogP contribution in [0.5, 0.6) is 0 Å². The Bertz CT molecular complexity index is 938. The summed E-state index contributed by atoms with van der Waals surface area (Å²) < 4.78 is 0. The van der Waals surface area contributed by atoms with Crippen LogP contribution in [0, 0.1) is 0 Å². The summed E-state index contributed by atoms with van der Waals surface area (Å²) >= 11 is 0. The molecule has 0 aliphatic carbocycles. The van der Waals surface area contributed by atoms with Gasteiger partial charge in [-0.3, -0.25) is 9.59 Å². The third-order valence-electron chi connectivity index (χ3n) is 5.34. The fraction of sp³-hybridized carbons (Fsp3) is 0.500. The molecule has 3 rings (SSSR count). The van der Waals surface area contributed by atoms with Crippen LogP contribution in [0.2, 0.25) is 0 Å². The van der Waals surface area contributed by atoms with Crippen molar-refractivity contribution in [2.24, 2.45) is 5.73 Å². The van der Waals surface area contributed by atoms with Crippen molar-refractivity contribution in [3.8, 4) is 0 Å². The maximum absolute atomic E-state index is 12.0. The van der Waals surface area contributed by atoms with Gasteiger partial charge in [0.2, 0.25) is 11.9 Å². The first-order valence-corrected chi connectivity index (χ1v) is 10.6. The summed E-state index contributed by atoms with van der Waals surface area (Å²) in [5, 5.41) is 14.4. The number of nitrogens with zero attached hydrogens (tertiary/aromatic N) is 4. The molecule has 166 valence electrons. The average molecular weight is 426 g/mol. The van der Waals surface area contributed by atoms with Gasteiger partial charge in [-0.25, -0.2) is 0 Å². The Hall–Kier alpha value is -3.23. The maximum Gasteiger partial charge on any atom is 0.273 e. The Morgan fingerprint density at radius 3 is 2.52 bits per heavy atom.